The van der Waals surface area contributed by atoms with E-state index in [2.05, 4.69) is 30.7 Å². The van der Waals surface area contributed by atoms with Crippen LogP contribution in [0.3, 0.4) is 0 Å². The smallest absolute Gasteiger partial charge is 0.170 e. The van der Waals surface area contributed by atoms with Crippen LogP contribution < -0.4 is 0 Å². The highest BCUT2D eigenvalue weighted by Crippen LogP contribution is 2.17. The van der Waals surface area contributed by atoms with E-state index in [1.165, 1.54) is 6.20 Å². The summed E-state index contributed by atoms with van der Waals surface area (Å²) in [4.78, 5) is 18.3. The Morgan fingerprint density at radius 3 is 2.25 bits per heavy atom. The van der Waals surface area contributed by atoms with Gasteiger partial charge in [0, 0.05) is 11.6 Å². The van der Waals surface area contributed by atoms with Gasteiger partial charge in [-0.15, -0.1) is 0 Å². The van der Waals surface area contributed by atoms with E-state index in [1.807, 2.05) is 0 Å². The van der Waals surface area contributed by atoms with Crippen molar-refractivity contribution in [1.82, 2.24) is 9.97 Å². The lowest BCUT2D eigenvalue weighted by molar-refractivity contribution is 0.111. The Morgan fingerprint density at radius 1 is 1.25 bits per heavy atom. The topological polar surface area (TPSA) is 42.9 Å². The standard InChI is InChI=1S/C9H12N2O/c1-9(2,3)8-5-10-7(6-12)4-11-8/h4-6H,1-3H3. The SMILES string of the molecule is CC(C)(C)c1cnc(C=O)cn1. The highest BCUT2D eigenvalue weighted by atomic mass is 16.1. The highest BCUT2D eigenvalue weighted by molar-refractivity contribution is 5.70. The van der Waals surface area contributed by atoms with Crippen molar-refractivity contribution >= 4 is 6.29 Å². The summed E-state index contributed by atoms with van der Waals surface area (Å²) in [5.41, 5.74) is 1.27. The van der Waals surface area contributed by atoms with Crippen molar-refractivity contribution in [3.63, 3.8) is 0 Å². The molecule has 0 atom stereocenters. The molecule has 0 radical (unpaired) electrons. The summed E-state index contributed by atoms with van der Waals surface area (Å²) in [5.74, 6) is 0. The van der Waals surface area contributed by atoms with Crippen molar-refractivity contribution in [2.45, 2.75) is 26.2 Å². The van der Waals surface area contributed by atoms with E-state index in [0.717, 1.165) is 5.69 Å². The van der Waals surface area contributed by atoms with Crippen molar-refractivity contribution in [2.75, 3.05) is 0 Å². The molecular formula is C9H12N2O. The predicted molar refractivity (Wildman–Crippen MR) is 46.1 cm³/mol. The summed E-state index contributed by atoms with van der Waals surface area (Å²) in [6, 6.07) is 0. The van der Waals surface area contributed by atoms with Gasteiger partial charge in [-0.25, -0.2) is 4.98 Å². The van der Waals surface area contributed by atoms with Crippen molar-refractivity contribution in [2.24, 2.45) is 0 Å². The molecule has 1 heterocycles. The third kappa shape index (κ3) is 1.87. The maximum atomic E-state index is 10.3. The van der Waals surface area contributed by atoms with Crippen molar-refractivity contribution in [1.29, 1.82) is 0 Å². The lowest BCUT2D eigenvalue weighted by Crippen LogP contribution is -2.14. The van der Waals surface area contributed by atoms with Gasteiger partial charge in [0.2, 0.25) is 0 Å². The summed E-state index contributed by atoms with van der Waals surface area (Å²) in [6.45, 7) is 6.16. The van der Waals surface area contributed by atoms with E-state index in [0.29, 0.717) is 12.0 Å². The minimum absolute atomic E-state index is 0.00554. The third-order valence-corrected chi connectivity index (χ3v) is 1.56. The Morgan fingerprint density at radius 2 is 1.92 bits per heavy atom. The molecule has 0 aliphatic rings. The molecule has 0 bridgehead atoms. The molecule has 1 aromatic heterocycles. The highest BCUT2D eigenvalue weighted by Gasteiger charge is 2.15. The van der Waals surface area contributed by atoms with E-state index in [-0.39, 0.29) is 5.41 Å². The predicted octanol–water partition coefficient (Wildman–Crippen LogP) is 1.59. The lowest BCUT2D eigenvalue weighted by atomic mass is 9.93. The monoisotopic (exact) mass is 164 g/mol. The average molecular weight is 164 g/mol. The van der Waals surface area contributed by atoms with Crippen LogP contribution in [-0.2, 0) is 5.41 Å². The van der Waals surface area contributed by atoms with Crippen LogP contribution in [0.4, 0.5) is 0 Å². The molecule has 0 saturated heterocycles. The third-order valence-electron chi connectivity index (χ3n) is 1.56. The zero-order valence-electron chi connectivity index (χ0n) is 7.53. The van der Waals surface area contributed by atoms with Crippen LogP contribution in [-0.4, -0.2) is 16.3 Å². The number of hydrogen-bond acceptors (Lipinski definition) is 3. The van der Waals surface area contributed by atoms with Crippen LogP contribution in [0.1, 0.15) is 37.0 Å². The summed E-state index contributed by atoms with van der Waals surface area (Å²) in [5, 5.41) is 0. The van der Waals surface area contributed by atoms with E-state index in [9.17, 15) is 4.79 Å². The number of carbonyl (C=O) groups excluding carboxylic acids is 1. The zero-order valence-corrected chi connectivity index (χ0v) is 7.53. The fourth-order valence-electron chi connectivity index (χ4n) is 0.786. The first-order chi connectivity index (χ1) is 5.54. The molecule has 0 fully saturated rings. The molecule has 0 aromatic carbocycles. The Bertz CT molecular complexity index is 272. The van der Waals surface area contributed by atoms with Gasteiger partial charge in [0.05, 0.1) is 11.9 Å². The van der Waals surface area contributed by atoms with Gasteiger partial charge >= 0.3 is 0 Å². The number of hydrogen-bond donors (Lipinski definition) is 0. The van der Waals surface area contributed by atoms with Crippen molar-refractivity contribution in [3.05, 3.63) is 23.8 Å². The minimum atomic E-state index is -0.00554. The quantitative estimate of drug-likeness (QED) is 0.592. The summed E-state index contributed by atoms with van der Waals surface area (Å²) >= 11 is 0. The minimum Gasteiger partial charge on any atom is -0.296 e. The fourth-order valence-corrected chi connectivity index (χ4v) is 0.786. The first-order valence-electron chi connectivity index (χ1n) is 3.82. The molecule has 0 spiro atoms. The largest absolute Gasteiger partial charge is 0.296 e. The molecule has 3 nitrogen and oxygen atoms in total. The van der Waals surface area contributed by atoms with Gasteiger partial charge in [-0.1, -0.05) is 20.8 Å². The second kappa shape index (κ2) is 3.01. The Balaban J connectivity index is 3.00. The van der Waals surface area contributed by atoms with Crippen LogP contribution in [0.15, 0.2) is 12.4 Å². The molecule has 0 saturated carbocycles. The zero-order chi connectivity index (χ0) is 9.19. The number of aldehydes is 1. The average Bonchev–Trinajstić information content (AvgIpc) is 2.03. The maximum Gasteiger partial charge on any atom is 0.170 e. The Hall–Kier alpha value is -1.25. The van der Waals surface area contributed by atoms with Crippen LogP contribution in [0.2, 0.25) is 0 Å². The van der Waals surface area contributed by atoms with E-state index < -0.39 is 0 Å². The molecule has 3 heteroatoms. The van der Waals surface area contributed by atoms with Gasteiger partial charge in [0.1, 0.15) is 5.69 Å². The molecule has 0 unspecified atom stereocenters. The van der Waals surface area contributed by atoms with Crippen LogP contribution in [0.5, 0.6) is 0 Å². The second-order valence-corrected chi connectivity index (χ2v) is 3.69. The molecule has 12 heavy (non-hydrogen) atoms. The van der Waals surface area contributed by atoms with Crippen LogP contribution >= 0.6 is 0 Å². The molecule has 0 aliphatic carbocycles. The molecular weight excluding hydrogens is 152 g/mol. The maximum absolute atomic E-state index is 10.3. The first kappa shape index (κ1) is 8.84. The van der Waals surface area contributed by atoms with Gasteiger partial charge in [0.25, 0.3) is 0 Å². The van der Waals surface area contributed by atoms with Gasteiger partial charge in [-0.05, 0) is 0 Å². The van der Waals surface area contributed by atoms with Crippen molar-refractivity contribution in [3.8, 4) is 0 Å². The second-order valence-electron chi connectivity index (χ2n) is 3.69. The molecule has 0 amide bonds. The number of aromatic nitrogens is 2. The van der Waals surface area contributed by atoms with Crippen LogP contribution in [0.25, 0.3) is 0 Å². The van der Waals surface area contributed by atoms with E-state index in [1.54, 1.807) is 6.20 Å². The summed E-state index contributed by atoms with van der Waals surface area (Å²) in [6.07, 6.45) is 3.83. The molecule has 0 aliphatic heterocycles. The first-order valence-corrected chi connectivity index (χ1v) is 3.82. The Kier molecular flexibility index (Phi) is 2.22. The van der Waals surface area contributed by atoms with Gasteiger partial charge in [0.15, 0.2) is 6.29 Å². The number of nitrogens with zero attached hydrogens (tertiary/aromatic N) is 2. The lowest BCUT2D eigenvalue weighted by Gasteiger charge is -2.16. The Labute approximate surface area is 71.9 Å². The summed E-state index contributed by atoms with van der Waals surface area (Å²) in [7, 11) is 0. The molecule has 1 rings (SSSR count). The number of carbonyl (C=O) groups is 1. The van der Waals surface area contributed by atoms with Gasteiger partial charge < -0.3 is 0 Å². The molecule has 64 valence electrons. The normalized spacial score (nSPS) is 11.2. The van der Waals surface area contributed by atoms with E-state index >= 15 is 0 Å². The van der Waals surface area contributed by atoms with E-state index in [4.69, 9.17) is 0 Å². The fraction of sp³-hybridized carbons (Fsp3) is 0.444. The van der Waals surface area contributed by atoms with Gasteiger partial charge in [-0.2, -0.15) is 0 Å². The summed E-state index contributed by atoms with van der Waals surface area (Å²) < 4.78 is 0. The van der Waals surface area contributed by atoms with Crippen molar-refractivity contribution < 1.29 is 4.79 Å². The molecule has 1 aromatic rings. The number of rotatable bonds is 1. The van der Waals surface area contributed by atoms with Gasteiger partial charge in [-0.3, -0.25) is 9.78 Å². The molecule has 0 N–H and O–H groups in total. The van der Waals surface area contributed by atoms with Crippen LogP contribution in [0, 0.1) is 0 Å².